The van der Waals surface area contributed by atoms with Crippen molar-refractivity contribution in [2.24, 2.45) is 0 Å². The van der Waals surface area contributed by atoms with Crippen LogP contribution in [0.5, 0.6) is 0 Å². The van der Waals surface area contributed by atoms with E-state index in [2.05, 4.69) is 5.32 Å². The lowest BCUT2D eigenvalue weighted by Gasteiger charge is -2.29. The molecule has 2 amide bonds. The van der Waals surface area contributed by atoms with Crippen molar-refractivity contribution in [1.82, 2.24) is 4.90 Å². The smallest absolute Gasteiger partial charge is 0.326 e. The van der Waals surface area contributed by atoms with Crippen molar-refractivity contribution in [1.29, 1.82) is 0 Å². The van der Waals surface area contributed by atoms with E-state index < -0.39 is 17.6 Å². The van der Waals surface area contributed by atoms with Gasteiger partial charge in [-0.2, -0.15) is 0 Å². The summed E-state index contributed by atoms with van der Waals surface area (Å²) in [6.07, 6.45) is 0. The van der Waals surface area contributed by atoms with Gasteiger partial charge in [0.25, 0.3) is 0 Å². The zero-order valence-corrected chi connectivity index (χ0v) is 11.7. The highest BCUT2D eigenvalue weighted by molar-refractivity contribution is 5.94. The Kier molecular flexibility index (Phi) is 3.65. The highest BCUT2D eigenvalue weighted by Gasteiger charge is 2.26. The Morgan fingerprint density at radius 1 is 1.45 bits per heavy atom. The van der Waals surface area contributed by atoms with E-state index in [1.165, 1.54) is 23.1 Å². The Bertz CT molecular complexity index is 552. The van der Waals surface area contributed by atoms with Gasteiger partial charge in [0.15, 0.2) is 0 Å². The van der Waals surface area contributed by atoms with E-state index in [0.717, 1.165) is 0 Å². The number of carbonyl (C=O) groups is 2. The van der Waals surface area contributed by atoms with Crippen LogP contribution in [0.3, 0.4) is 0 Å². The summed E-state index contributed by atoms with van der Waals surface area (Å²) in [6, 6.07) is 3.74. The summed E-state index contributed by atoms with van der Waals surface area (Å²) in [5, 5.41) is 2.62. The molecule has 1 aliphatic heterocycles. The van der Waals surface area contributed by atoms with Gasteiger partial charge >= 0.3 is 12.0 Å². The van der Waals surface area contributed by atoms with Gasteiger partial charge in [0.1, 0.15) is 18.0 Å². The molecular weight excluding hydrogens is 263 g/mol. The van der Waals surface area contributed by atoms with Crippen molar-refractivity contribution in [3.05, 3.63) is 29.6 Å². The van der Waals surface area contributed by atoms with Gasteiger partial charge in [-0.3, -0.25) is 4.79 Å². The number of fused-ring (bicyclic) bond motifs is 1. The van der Waals surface area contributed by atoms with Gasteiger partial charge in [0, 0.05) is 5.69 Å². The van der Waals surface area contributed by atoms with E-state index in [0.29, 0.717) is 11.3 Å². The van der Waals surface area contributed by atoms with Crippen LogP contribution in [0, 0.1) is 5.82 Å². The highest BCUT2D eigenvalue weighted by atomic mass is 19.1. The van der Waals surface area contributed by atoms with Crippen LogP contribution in [0.15, 0.2) is 18.2 Å². The molecule has 1 aromatic rings. The highest BCUT2D eigenvalue weighted by Crippen LogP contribution is 2.24. The van der Waals surface area contributed by atoms with Crippen LogP contribution < -0.4 is 5.32 Å². The second kappa shape index (κ2) is 5.11. The van der Waals surface area contributed by atoms with Gasteiger partial charge in [0.2, 0.25) is 0 Å². The first-order chi connectivity index (χ1) is 9.24. The van der Waals surface area contributed by atoms with E-state index in [-0.39, 0.29) is 18.9 Å². The number of halogens is 1. The zero-order valence-electron chi connectivity index (χ0n) is 11.7. The molecule has 6 heteroatoms. The Labute approximate surface area is 116 Å². The Morgan fingerprint density at radius 3 is 2.80 bits per heavy atom. The van der Waals surface area contributed by atoms with Gasteiger partial charge < -0.3 is 15.0 Å². The van der Waals surface area contributed by atoms with Gasteiger partial charge in [-0.05, 0) is 44.5 Å². The first-order valence-corrected chi connectivity index (χ1v) is 6.31. The van der Waals surface area contributed by atoms with Crippen molar-refractivity contribution in [2.75, 3.05) is 11.9 Å². The third-order valence-corrected chi connectivity index (χ3v) is 2.70. The summed E-state index contributed by atoms with van der Waals surface area (Å²) >= 11 is 0. The van der Waals surface area contributed by atoms with Crippen LogP contribution in [0.25, 0.3) is 0 Å². The fraction of sp³-hybridized carbons (Fsp3) is 0.429. The third kappa shape index (κ3) is 3.46. The molecule has 108 valence electrons. The lowest BCUT2D eigenvalue weighted by atomic mass is 10.1. The van der Waals surface area contributed by atoms with Crippen LogP contribution in [0.2, 0.25) is 0 Å². The largest absolute Gasteiger partial charge is 0.459 e. The lowest BCUT2D eigenvalue weighted by Crippen LogP contribution is -2.43. The predicted molar refractivity (Wildman–Crippen MR) is 71.7 cm³/mol. The average Bonchev–Trinajstić information content (AvgIpc) is 2.28. The van der Waals surface area contributed by atoms with E-state index in [4.69, 9.17) is 4.74 Å². The molecule has 0 aliphatic carbocycles. The molecule has 5 nitrogen and oxygen atoms in total. The van der Waals surface area contributed by atoms with Crippen molar-refractivity contribution < 1.29 is 18.7 Å². The number of nitrogens with one attached hydrogen (secondary N) is 1. The van der Waals surface area contributed by atoms with Crippen LogP contribution >= 0.6 is 0 Å². The summed E-state index contributed by atoms with van der Waals surface area (Å²) in [5.74, 6) is -0.871. The molecule has 20 heavy (non-hydrogen) atoms. The molecule has 0 aromatic heterocycles. The number of rotatable bonds is 2. The number of anilines is 1. The standard InChI is InChI=1S/C14H17FN2O3/c1-14(2,3)20-12(18)8-17-7-9-6-10(15)4-5-11(9)16-13(17)19/h4-6H,7-8H2,1-3H3,(H,16,19). The van der Waals surface area contributed by atoms with E-state index in [1.54, 1.807) is 20.8 Å². The average molecular weight is 280 g/mol. The maximum Gasteiger partial charge on any atom is 0.326 e. The number of hydrogen-bond acceptors (Lipinski definition) is 3. The van der Waals surface area contributed by atoms with Crippen molar-refractivity contribution in [3.8, 4) is 0 Å². The number of ether oxygens (including phenoxy) is 1. The molecule has 0 radical (unpaired) electrons. The molecule has 0 spiro atoms. The topological polar surface area (TPSA) is 58.6 Å². The summed E-state index contributed by atoms with van der Waals surface area (Å²) in [4.78, 5) is 24.9. The number of nitrogens with zero attached hydrogens (tertiary/aromatic N) is 1. The normalized spacial score (nSPS) is 14.6. The number of esters is 1. The van der Waals surface area contributed by atoms with Crippen molar-refractivity contribution in [2.45, 2.75) is 32.9 Å². The molecule has 1 aliphatic rings. The molecule has 0 fully saturated rings. The molecule has 0 bridgehead atoms. The lowest BCUT2D eigenvalue weighted by molar-refractivity contribution is -0.155. The molecule has 1 N–H and O–H groups in total. The predicted octanol–water partition coefficient (Wildman–Crippen LogP) is 2.51. The molecular formula is C14H17FN2O3. The fourth-order valence-electron chi connectivity index (χ4n) is 1.94. The van der Waals surface area contributed by atoms with E-state index in [1.807, 2.05) is 0 Å². The molecule has 0 saturated heterocycles. The molecule has 0 atom stereocenters. The van der Waals surface area contributed by atoms with Gasteiger partial charge in [-0.25, -0.2) is 9.18 Å². The Morgan fingerprint density at radius 2 is 2.15 bits per heavy atom. The minimum atomic E-state index is -0.604. The number of benzene rings is 1. The second-order valence-electron chi connectivity index (χ2n) is 5.67. The summed E-state index contributed by atoms with van der Waals surface area (Å²) in [7, 11) is 0. The van der Waals surface area contributed by atoms with E-state index >= 15 is 0 Å². The minimum Gasteiger partial charge on any atom is -0.459 e. The van der Waals surface area contributed by atoms with Crippen LogP contribution in [-0.4, -0.2) is 29.0 Å². The fourth-order valence-corrected chi connectivity index (χ4v) is 1.94. The minimum absolute atomic E-state index is 0.168. The third-order valence-electron chi connectivity index (χ3n) is 2.70. The SMILES string of the molecule is CC(C)(C)OC(=O)CN1Cc2cc(F)ccc2NC1=O. The van der Waals surface area contributed by atoms with Crippen molar-refractivity contribution in [3.63, 3.8) is 0 Å². The summed E-state index contributed by atoms with van der Waals surface area (Å²) in [6.45, 7) is 5.28. The zero-order chi connectivity index (χ0) is 14.9. The summed E-state index contributed by atoms with van der Waals surface area (Å²) in [5.41, 5.74) is 0.595. The number of urea groups is 1. The molecule has 0 saturated carbocycles. The van der Waals surface area contributed by atoms with Gasteiger partial charge in [0.05, 0.1) is 6.54 Å². The monoisotopic (exact) mass is 280 g/mol. The van der Waals surface area contributed by atoms with Crippen LogP contribution in [0.1, 0.15) is 26.3 Å². The maximum absolute atomic E-state index is 13.2. The number of carbonyl (C=O) groups excluding carboxylic acids is 2. The maximum atomic E-state index is 13.2. The number of hydrogen-bond donors (Lipinski definition) is 1. The first kappa shape index (κ1) is 14.3. The molecule has 1 heterocycles. The van der Waals surface area contributed by atoms with Crippen molar-refractivity contribution >= 4 is 17.7 Å². The second-order valence-corrected chi connectivity index (χ2v) is 5.67. The Hall–Kier alpha value is -2.11. The van der Waals surface area contributed by atoms with E-state index in [9.17, 15) is 14.0 Å². The van der Waals surface area contributed by atoms with Crippen LogP contribution in [-0.2, 0) is 16.1 Å². The summed E-state index contributed by atoms with van der Waals surface area (Å²) < 4.78 is 18.3. The Balaban J connectivity index is 2.07. The van der Waals surface area contributed by atoms with Crippen LogP contribution in [0.4, 0.5) is 14.9 Å². The number of amides is 2. The molecule has 2 rings (SSSR count). The quantitative estimate of drug-likeness (QED) is 0.847. The first-order valence-electron chi connectivity index (χ1n) is 6.31. The van der Waals surface area contributed by atoms with Gasteiger partial charge in [-0.1, -0.05) is 0 Å². The molecule has 1 aromatic carbocycles. The molecule has 0 unspecified atom stereocenters. The van der Waals surface area contributed by atoms with Gasteiger partial charge in [-0.15, -0.1) is 0 Å².